The minimum atomic E-state index is -0.874. The number of hydrogen-bond acceptors (Lipinski definition) is 8. The maximum absolute atomic E-state index is 10.1. The molecule has 0 spiro atoms. The summed E-state index contributed by atoms with van der Waals surface area (Å²) in [5.41, 5.74) is 2.69. The number of aromatic nitrogens is 5. The molecule has 3 aromatic heterocycles. The lowest BCUT2D eigenvalue weighted by Crippen LogP contribution is -2.27. The van der Waals surface area contributed by atoms with Gasteiger partial charge < -0.3 is 15.2 Å². The van der Waals surface area contributed by atoms with Crippen LogP contribution in [0.15, 0.2) is 60.4 Å². The minimum Gasteiger partial charge on any atom is -0.480 e. The van der Waals surface area contributed by atoms with Gasteiger partial charge in [0.2, 0.25) is 5.90 Å². The van der Waals surface area contributed by atoms with Crippen molar-refractivity contribution in [1.82, 2.24) is 24.7 Å². The van der Waals surface area contributed by atoms with Crippen LogP contribution in [0.5, 0.6) is 0 Å². The number of nitrogens with zero attached hydrogens (tertiary/aromatic N) is 6. The number of hydrogen-bond donors (Lipinski definition) is 2. The molecule has 4 rings (SSSR count). The van der Waals surface area contributed by atoms with E-state index in [0.29, 0.717) is 35.6 Å². The van der Waals surface area contributed by atoms with Gasteiger partial charge in [-0.2, -0.15) is 5.10 Å². The van der Waals surface area contributed by atoms with E-state index in [9.17, 15) is 5.11 Å². The van der Waals surface area contributed by atoms with Crippen LogP contribution in [-0.2, 0) is 16.7 Å². The smallest absolute Gasteiger partial charge is 0.223 e. The molecule has 0 radical (unpaired) electrons. The Hall–Kier alpha value is -3.59. The SMILES string of the molecule is C=C(N=C(OC)c1cnn(CC(C)(C)O)c1)C(C)(c1ccc(-c2cnc(NC)cn2)nc1)C1CC1. The number of methoxy groups -OCH3 is 1. The Balaban J connectivity index is 1.60. The molecule has 9 nitrogen and oxygen atoms in total. The Labute approximate surface area is 206 Å². The first-order valence-electron chi connectivity index (χ1n) is 11.7. The highest BCUT2D eigenvalue weighted by molar-refractivity contribution is 5.94. The molecule has 35 heavy (non-hydrogen) atoms. The fraction of sp³-hybridized carbons (Fsp3) is 0.423. The largest absolute Gasteiger partial charge is 0.480 e. The number of allylic oxidation sites excluding steroid dienone is 1. The lowest BCUT2D eigenvalue weighted by molar-refractivity contribution is 0.0577. The molecule has 3 heterocycles. The Kier molecular flexibility index (Phi) is 6.71. The molecule has 184 valence electrons. The van der Waals surface area contributed by atoms with E-state index in [4.69, 9.17) is 9.73 Å². The summed E-state index contributed by atoms with van der Waals surface area (Å²) in [5, 5.41) is 17.4. The summed E-state index contributed by atoms with van der Waals surface area (Å²) in [6.07, 6.45) is 11.0. The van der Waals surface area contributed by atoms with Gasteiger partial charge in [0.05, 0.1) is 49.1 Å². The first kappa shape index (κ1) is 24.5. The number of anilines is 1. The Morgan fingerprint density at radius 1 is 1.14 bits per heavy atom. The summed E-state index contributed by atoms with van der Waals surface area (Å²) in [6.45, 7) is 10.4. The van der Waals surface area contributed by atoms with Gasteiger partial charge in [-0.1, -0.05) is 12.6 Å². The van der Waals surface area contributed by atoms with Crippen molar-refractivity contribution in [3.63, 3.8) is 0 Å². The zero-order chi connectivity index (χ0) is 25.2. The van der Waals surface area contributed by atoms with Crippen molar-refractivity contribution in [3.05, 3.63) is 66.5 Å². The molecule has 1 saturated carbocycles. The van der Waals surface area contributed by atoms with E-state index in [1.165, 1.54) is 0 Å². The summed E-state index contributed by atoms with van der Waals surface area (Å²) in [6, 6.07) is 4.04. The van der Waals surface area contributed by atoms with Gasteiger partial charge in [0.15, 0.2) is 0 Å². The van der Waals surface area contributed by atoms with Crippen LogP contribution in [0.25, 0.3) is 11.4 Å². The van der Waals surface area contributed by atoms with Crippen LogP contribution in [0.1, 0.15) is 44.7 Å². The highest BCUT2D eigenvalue weighted by Crippen LogP contribution is 2.51. The van der Waals surface area contributed by atoms with Crippen LogP contribution in [0, 0.1) is 5.92 Å². The maximum atomic E-state index is 10.1. The third-order valence-electron chi connectivity index (χ3n) is 6.39. The van der Waals surface area contributed by atoms with Gasteiger partial charge in [0.1, 0.15) is 11.5 Å². The van der Waals surface area contributed by atoms with Crippen molar-refractivity contribution >= 4 is 11.7 Å². The monoisotopic (exact) mass is 475 g/mol. The van der Waals surface area contributed by atoms with Crippen molar-refractivity contribution in [1.29, 1.82) is 0 Å². The van der Waals surface area contributed by atoms with Crippen molar-refractivity contribution in [2.75, 3.05) is 19.5 Å². The minimum absolute atomic E-state index is 0.366. The molecule has 3 aromatic rings. The molecule has 0 aromatic carbocycles. The van der Waals surface area contributed by atoms with Gasteiger partial charge in [-0.25, -0.2) is 15.0 Å². The van der Waals surface area contributed by atoms with Crippen LogP contribution in [0.4, 0.5) is 5.82 Å². The van der Waals surface area contributed by atoms with E-state index >= 15 is 0 Å². The van der Waals surface area contributed by atoms with E-state index in [1.54, 1.807) is 44.2 Å². The van der Waals surface area contributed by atoms with Crippen molar-refractivity contribution in [2.24, 2.45) is 10.9 Å². The van der Waals surface area contributed by atoms with Crippen LogP contribution in [-0.4, -0.2) is 55.5 Å². The zero-order valence-electron chi connectivity index (χ0n) is 21.0. The highest BCUT2D eigenvalue weighted by Gasteiger charge is 2.45. The average molecular weight is 476 g/mol. The van der Waals surface area contributed by atoms with Crippen LogP contribution in [0.3, 0.4) is 0 Å². The van der Waals surface area contributed by atoms with E-state index in [-0.39, 0.29) is 5.41 Å². The Morgan fingerprint density at radius 2 is 1.89 bits per heavy atom. The molecule has 1 atom stereocenters. The van der Waals surface area contributed by atoms with Gasteiger partial charge in [-0.3, -0.25) is 9.67 Å². The molecule has 0 aliphatic heterocycles. The number of nitrogens with one attached hydrogen (secondary N) is 1. The third kappa shape index (κ3) is 5.40. The topological polar surface area (TPSA) is 110 Å². The molecule has 2 N–H and O–H groups in total. The standard InChI is InChI=1S/C26H33N7O2/c1-17(32-24(35-6)18-11-31-33(15-18)16-25(2,3)34)26(4,19-7-8-19)20-9-10-21(28-12-20)22-13-30-23(27-5)14-29-22/h9-15,19,34H,1,7-8,16H2,2-6H3,(H,27,30). The van der Waals surface area contributed by atoms with Gasteiger partial charge in [-0.15, -0.1) is 0 Å². The van der Waals surface area contributed by atoms with Crippen LogP contribution < -0.4 is 5.32 Å². The molecular weight excluding hydrogens is 442 g/mol. The normalized spacial score (nSPS) is 16.0. The van der Waals surface area contributed by atoms with Gasteiger partial charge in [0.25, 0.3) is 0 Å². The first-order valence-corrected chi connectivity index (χ1v) is 11.7. The number of ether oxygens (including phenoxy) is 1. The second-order valence-electron chi connectivity index (χ2n) is 9.75. The molecule has 1 aliphatic rings. The van der Waals surface area contributed by atoms with Gasteiger partial charge >= 0.3 is 0 Å². The fourth-order valence-electron chi connectivity index (χ4n) is 4.16. The summed E-state index contributed by atoms with van der Waals surface area (Å²) in [7, 11) is 3.40. The predicted octanol–water partition coefficient (Wildman–Crippen LogP) is 3.82. The summed E-state index contributed by atoms with van der Waals surface area (Å²) in [5.74, 6) is 1.57. The van der Waals surface area contributed by atoms with Crippen LogP contribution >= 0.6 is 0 Å². The van der Waals surface area contributed by atoms with E-state index in [0.717, 1.165) is 29.7 Å². The summed E-state index contributed by atoms with van der Waals surface area (Å²) in [4.78, 5) is 18.2. The Bertz CT molecular complexity index is 1210. The maximum Gasteiger partial charge on any atom is 0.223 e. The zero-order valence-corrected chi connectivity index (χ0v) is 21.0. The van der Waals surface area contributed by atoms with Crippen molar-refractivity contribution < 1.29 is 9.84 Å². The second-order valence-corrected chi connectivity index (χ2v) is 9.75. The molecule has 0 bridgehead atoms. The Morgan fingerprint density at radius 3 is 2.43 bits per heavy atom. The van der Waals surface area contributed by atoms with Gasteiger partial charge in [0, 0.05) is 30.6 Å². The highest BCUT2D eigenvalue weighted by atomic mass is 16.5. The lowest BCUT2D eigenvalue weighted by atomic mass is 9.76. The summed E-state index contributed by atoms with van der Waals surface area (Å²) < 4.78 is 7.30. The number of aliphatic imine (C=N–C) groups is 1. The quantitative estimate of drug-likeness (QED) is 0.357. The molecule has 1 aliphatic carbocycles. The van der Waals surface area contributed by atoms with Crippen molar-refractivity contribution in [2.45, 2.75) is 51.2 Å². The van der Waals surface area contributed by atoms with E-state index in [2.05, 4.69) is 44.9 Å². The van der Waals surface area contributed by atoms with Crippen molar-refractivity contribution in [3.8, 4) is 11.4 Å². The summed E-state index contributed by atoms with van der Waals surface area (Å²) >= 11 is 0. The molecule has 9 heteroatoms. The van der Waals surface area contributed by atoms with E-state index < -0.39 is 5.60 Å². The first-order chi connectivity index (χ1) is 16.6. The second kappa shape index (κ2) is 9.58. The fourth-order valence-corrected chi connectivity index (χ4v) is 4.16. The molecule has 1 unspecified atom stereocenters. The third-order valence-corrected chi connectivity index (χ3v) is 6.39. The van der Waals surface area contributed by atoms with E-state index in [1.807, 2.05) is 25.5 Å². The molecule has 0 amide bonds. The lowest BCUT2D eigenvalue weighted by Gasteiger charge is -2.30. The molecule has 0 saturated heterocycles. The number of aliphatic hydroxyl groups is 1. The molecular formula is C26H33N7O2. The van der Waals surface area contributed by atoms with Crippen LogP contribution in [0.2, 0.25) is 0 Å². The predicted molar refractivity (Wildman–Crippen MR) is 136 cm³/mol. The number of rotatable bonds is 9. The molecule has 1 fully saturated rings. The average Bonchev–Trinajstić information content (AvgIpc) is 3.61. The number of pyridine rings is 1. The van der Waals surface area contributed by atoms with Gasteiger partial charge in [-0.05, 0) is 51.2 Å².